The van der Waals surface area contributed by atoms with Crippen molar-refractivity contribution in [2.75, 3.05) is 11.9 Å². The third kappa shape index (κ3) is 5.14. The highest BCUT2D eigenvalue weighted by Gasteiger charge is 2.29. The highest BCUT2D eigenvalue weighted by molar-refractivity contribution is 6.34. The molecule has 0 bridgehead atoms. The lowest BCUT2D eigenvalue weighted by Crippen LogP contribution is -2.23. The number of nitrogens with one attached hydrogen (secondary N) is 2. The van der Waals surface area contributed by atoms with Gasteiger partial charge in [-0.05, 0) is 56.0 Å². The summed E-state index contributed by atoms with van der Waals surface area (Å²) >= 11 is 6.39. The molecule has 178 valence electrons. The molecule has 2 aromatic heterocycles. The summed E-state index contributed by atoms with van der Waals surface area (Å²) in [5.74, 6) is -0.315. The number of aromatic nitrogens is 2. The molecule has 1 saturated carbocycles. The molecule has 1 unspecified atom stereocenters. The Labute approximate surface area is 203 Å². The molecule has 34 heavy (non-hydrogen) atoms. The van der Waals surface area contributed by atoms with Crippen LogP contribution in [0.3, 0.4) is 0 Å². The smallest absolute Gasteiger partial charge is 0.339 e. The Hall–Kier alpha value is -3.19. The molecule has 2 heterocycles. The number of nitrogens with zero attached hydrogens (tertiary/aromatic N) is 1. The Morgan fingerprint density at radius 1 is 1.24 bits per heavy atom. The Morgan fingerprint density at radius 3 is 2.65 bits per heavy atom. The van der Waals surface area contributed by atoms with Crippen molar-refractivity contribution in [3.63, 3.8) is 0 Å². The standard InChI is InChI=1S/C26H28ClN3O4/c1-3-34-26(33)17-8-9-24(29-13-17)30-25(32)20(10-16-6-4-5-7-16)21-14-28-23-12-18(15(2)31)22(27)11-19(21)23/h8-9,11-14,16,20,28H,3-7,10H2,1-2H3,(H,29,30,32). The van der Waals surface area contributed by atoms with Gasteiger partial charge < -0.3 is 15.0 Å². The van der Waals surface area contributed by atoms with Gasteiger partial charge in [-0.15, -0.1) is 0 Å². The number of amides is 1. The van der Waals surface area contributed by atoms with E-state index in [1.807, 2.05) is 6.20 Å². The lowest BCUT2D eigenvalue weighted by Gasteiger charge is -2.20. The number of fused-ring (bicyclic) bond motifs is 1. The predicted molar refractivity (Wildman–Crippen MR) is 131 cm³/mol. The van der Waals surface area contributed by atoms with Crippen molar-refractivity contribution in [3.8, 4) is 0 Å². The normalized spacial score (nSPS) is 14.8. The van der Waals surface area contributed by atoms with Crippen LogP contribution in [0.25, 0.3) is 10.9 Å². The minimum absolute atomic E-state index is 0.111. The molecule has 8 heteroatoms. The zero-order valence-corrected chi connectivity index (χ0v) is 20.1. The summed E-state index contributed by atoms with van der Waals surface area (Å²) in [4.78, 5) is 44.7. The molecule has 0 saturated heterocycles. The number of anilines is 1. The fourth-order valence-electron chi connectivity index (χ4n) is 4.69. The molecular weight excluding hydrogens is 454 g/mol. The van der Waals surface area contributed by atoms with Crippen LogP contribution in [0, 0.1) is 5.92 Å². The molecule has 1 aromatic carbocycles. The number of rotatable bonds is 8. The molecule has 1 aliphatic carbocycles. The second-order valence-corrected chi connectivity index (χ2v) is 9.17. The first-order valence-electron chi connectivity index (χ1n) is 11.6. The van der Waals surface area contributed by atoms with Gasteiger partial charge in [-0.3, -0.25) is 9.59 Å². The van der Waals surface area contributed by atoms with E-state index in [1.54, 1.807) is 31.2 Å². The van der Waals surface area contributed by atoms with E-state index in [1.165, 1.54) is 26.0 Å². The minimum Gasteiger partial charge on any atom is -0.462 e. The van der Waals surface area contributed by atoms with Gasteiger partial charge in [0, 0.05) is 28.9 Å². The summed E-state index contributed by atoms with van der Waals surface area (Å²) in [6.45, 7) is 3.50. The van der Waals surface area contributed by atoms with E-state index in [4.69, 9.17) is 16.3 Å². The molecule has 0 radical (unpaired) electrons. The molecule has 1 fully saturated rings. The van der Waals surface area contributed by atoms with Gasteiger partial charge in [-0.25, -0.2) is 9.78 Å². The van der Waals surface area contributed by atoms with Crippen LogP contribution in [0.5, 0.6) is 0 Å². The molecule has 0 aliphatic heterocycles. The summed E-state index contributed by atoms with van der Waals surface area (Å²) in [6.07, 6.45) is 8.51. The van der Waals surface area contributed by atoms with Gasteiger partial charge in [0.1, 0.15) is 5.82 Å². The number of esters is 1. The molecule has 2 N–H and O–H groups in total. The van der Waals surface area contributed by atoms with Gasteiger partial charge in [-0.2, -0.15) is 0 Å². The van der Waals surface area contributed by atoms with E-state index in [9.17, 15) is 14.4 Å². The number of hydrogen-bond acceptors (Lipinski definition) is 5. The number of Topliss-reactive ketones (excluding diaryl/α,β-unsaturated/α-hetero) is 1. The van der Waals surface area contributed by atoms with Crippen LogP contribution in [0.15, 0.2) is 36.7 Å². The van der Waals surface area contributed by atoms with Gasteiger partial charge in [-0.1, -0.05) is 37.3 Å². The first-order valence-corrected chi connectivity index (χ1v) is 12.0. The number of carbonyl (C=O) groups is 3. The molecule has 1 aliphatic rings. The maximum absolute atomic E-state index is 13.5. The van der Waals surface area contributed by atoms with Crippen LogP contribution in [0.4, 0.5) is 5.82 Å². The van der Waals surface area contributed by atoms with E-state index in [0.717, 1.165) is 29.3 Å². The van der Waals surface area contributed by atoms with Crippen molar-refractivity contribution in [2.45, 2.75) is 51.9 Å². The molecule has 3 aromatic rings. The predicted octanol–water partition coefficient (Wildman–Crippen LogP) is 5.90. The molecular formula is C26H28ClN3O4. The number of carbonyl (C=O) groups excluding carboxylic acids is 3. The van der Waals surface area contributed by atoms with Crippen molar-refractivity contribution >= 4 is 46.0 Å². The number of benzene rings is 1. The first kappa shape index (κ1) is 24.0. The van der Waals surface area contributed by atoms with Crippen molar-refractivity contribution in [2.24, 2.45) is 5.92 Å². The third-order valence-corrected chi connectivity index (χ3v) is 6.75. The Kier molecular flexibility index (Phi) is 7.32. The summed E-state index contributed by atoms with van der Waals surface area (Å²) in [7, 11) is 0. The largest absolute Gasteiger partial charge is 0.462 e. The van der Waals surface area contributed by atoms with Gasteiger partial charge in [0.25, 0.3) is 0 Å². The fraction of sp³-hybridized carbons (Fsp3) is 0.385. The van der Waals surface area contributed by atoms with Crippen molar-refractivity contribution in [1.29, 1.82) is 0 Å². The minimum atomic E-state index is -0.451. The van der Waals surface area contributed by atoms with Gasteiger partial charge >= 0.3 is 5.97 Å². The average molecular weight is 482 g/mol. The Bertz CT molecular complexity index is 1210. The SMILES string of the molecule is CCOC(=O)c1ccc(NC(=O)C(CC2CCCC2)c2c[nH]c3cc(C(C)=O)c(Cl)cc23)nc1. The maximum atomic E-state index is 13.5. The highest BCUT2D eigenvalue weighted by Crippen LogP contribution is 2.38. The quantitative estimate of drug-likeness (QED) is 0.308. The van der Waals surface area contributed by atoms with Crippen LogP contribution < -0.4 is 5.32 Å². The summed E-state index contributed by atoms with van der Waals surface area (Å²) < 4.78 is 4.98. The van der Waals surface area contributed by atoms with Crippen LogP contribution in [0.2, 0.25) is 5.02 Å². The Balaban J connectivity index is 1.62. The van der Waals surface area contributed by atoms with Crippen LogP contribution >= 0.6 is 11.6 Å². The number of aromatic amines is 1. The third-order valence-electron chi connectivity index (χ3n) is 6.44. The lowest BCUT2D eigenvalue weighted by atomic mass is 9.87. The molecule has 7 nitrogen and oxygen atoms in total. The van der Waals surface area contributed by atoms with Crippen molar-refractivity contribution in [1.82, 2.24) is 9.97 Å². The maximum Gasteiger partial charge on any atom is 0.339 e. The number of ketones is 1. The van der Waals surface area contributed by atoms with Gasteiger partial charge in [0.15, 0.2) is 5.78 Å². The second-order valence-electron chi connectivity index (χ2n) is 8.76. The van der Waals surface area contributed by atoms with E-state index in [-0.39, 0.29) is 18.3 Å². The Morgan fingerprint density at radius 2 is 2.00 bits per heavy atom. The number of H-pyrrole nitrogens is 1. The second kappa shape index (κ2) is 10.4. The van der Waals surface area contributed by atoms with Gasteiger partial charge in [0.2, 0.25) is 5.91 Å². The molecule has 1 amide bonds. The summed E-state index contributed by atoms with van der Waals surface area (Å²) in [5, 5.41) is 4.11. The van der Waals surface area contributed by atoms with Crippen LogP contribution in [-0.4, -0.2) is 34.2 Å². The zero-order valence-electron chi connectivity index (χ0n) is 19.3. The lowest BCUT2D eigenvalue weighted by molar-refractivity contribution is -0.118. The molecule has 0 spiro atoms. The summed E-state index contributed by atoms with van der Waals surface area (Å²) in [5.41, 5.74) is 2.39. The molecule has 4 rings (SSSR count). The number of halogens is 1. The van der Waals surface area contributed by atoms with E-state index < -0.39 is 11.9 Å². The molecule has 1 atom stereocenters. The zero-order chi connectivity index (χ0) is 24.2. The highest BCUT2D eigenvalue weighted by atomic mass is 35.5. The number of hydrogen-bond donors (Lipinski definition) is 2. The van der Waals surface area contributed by atoms with Gasteiger partial charge in [0.05, 0.1) is 23.1 Å². The van der Waals surface area contributed by atoms with Crippen molar-refractivity contribution in [3.05, 3.63) is 58.4 Å². The van der Waals surface area contributed by atoms with Crippen molar-refractivity contribution < 1.29 is 19.1 Å². The number of ether oxygens (including phenoxy) is 1. The topological polar surface area (TPSA) is 101 Å². The fourth-order valence-corrected chi connectivity index (χ4v) is 4.99. The number of pyridine rings is 1. The van der Waals surface area contributed by atoms with Crippen LogP contribution in [-0.2, 0) is 9.53 Å². The van der Waals surface area contributed by atoms with E-state index in [0.29, 0.717) is 34.3 Å². The summed E-state index contributed by atoms with van der Waals surface area (Å²) in [6, 6.07) is 6.69. The monoisotopic (exact) mass is 481 g/mol. The van der Waals surface area contributed by atoms with Crippen LogP contribution in [0.1, 0.15) is 78.1 Å². The van der Waals surface area contributed by atoms with E-state index >= 15 is 0 Å². The van der Waals surface area contributed by atoms with E-state index in [2.05, 4.69) is 15.3 Å². The average Bonchev–Trinajstić information content (AvgIpc) is 3.47. The first-order chi connectivity index (χ1) is 16.4.